The third-order valence-corrected chi connectivity index (χ3v) is 1.40. The minimum Gasteiger partial charge on any atom is -0.857 e. The molecule has 1 aromatic heterocycles. The third-order valence-electron chi connectivity index (χ3n) is 1.12. The Kier molecular flexibility index (Phi) is 9.95. The van der Waals surface area contributed by atoms with E-state index in [4.69, 9.17) is 16.7 Å². The van der Waals surface area contributed by atoms with E-state index in [0.29, 0.717) is 0 Å². The molecule has 0 radical (unpaired) electrons. The predicted molar refractivity (Wildman–Crippen MR) is 46.2 cm³/mol. The summed E-state index contributed by atoms with van der Waals surface area (Å²) in [6.07, 6.45) is 1.09. The molecule has 7 nitrogen and oxygen atoms in total. The number of hydrogen-bond acceptors (Lipinski definition) is 6. The van der Waals surface area contributed by atoms with Gasteiger partial charge in [0.15, 0.2) is 0 Å². The van der Waals surface area contributed by atoms with E-state index in [-0.39, 0.29) is 40.6 Å². The molecule has 0 N–H and O–H groups in total. The second-order valence-corrected chi connectivity index (χ2v) is 2.14. The summed E-state index contributed by atoms with van der Waals surface area (Å²) >= 11 is 5.43. The molecule has 15 heavy (non-hydrogen) atoms. The van der Waals surface area contributed by atoms with Gasteiger partial charge >= 0.3 is 35.2 Å². The van der Waals surface area contributed by atoms with Crippen LogP contribution in [0.3, 0.4) is 0 Å². The first-order chi connectivity index (χ1) is 6.66. The van der Waals surface area contributed by atoms with Gasteiger partial charge in [-0.15, -0.1) is 0 Å². The van der Waals surface area contributed by atoms with Gasteiger partial charge < -0.3 is 9.84 Å². The number of aromatic nitrogens is 2. The fourth-order valence-electron chi connectivity index (χ4n) is 0.645. The smallest absolute Gasteiger partial charge is 0.857 e. The molecule has 0 saturated heterocycles. The van der Waals surface area contributed by atoms with Gasteiger partial charge in [0.25, 0.3) is 5.88 Å². The Morgan fingerprint density at radius 2 is 2.00 bits per heavy atom. The van der Waals surface area contributed by atoms with Crippen LogP contribution < -0.4 is 39.4 Å². The Balaban J connectivity index is 0. The molecule has 0 fully saturated rings. The van der Waals surface area contributed by atoms with E-state index in [9.17, 15) is 10.1 Å². The van der Waals surface area contributed by atoms with Gasteiger partial charge in [-0.3, -0.25) is 10.1 Å². The maximum atomic E-state index is 10.4. The van der Waals surface area contributed by atoms with E-state index >= 15 is 0 Å². The van der Waals surface area contributed by atoms with Crippen molar-refractivity contribution in [3.05, 3.63) is 21.6 Å². The summed E-state index contributed by atoms with van der Waals surface area (Å²) in [6.45, 7) is 0. The number of halogens is 1. The van der Waals surface area contributed by atoms with E-state index in [2.05, 4.69) is 14.7 Å². The number of hydrogen-bond donors (Lipinski definition) is 0. The van der Waals surface area contributed by atoms with Crippen molar-refractivity contribution >= 4 is 17.3 Å². The summed E-state index contributed by atoms with van der Waals surface area (Å²) in [5.74, 6) is -0.139. The molecule has 0 amide bonds. The molecular weight excluding hydrogens is 237 g/mol. The normalized spacial score (nSPS) is 8.00. The van der Waals surface area contributed by atoms with Crippen LogP contribution in [0, 0.1) is 10.1 Å². The summed E-state index contributed by atoms with van der Waals surface area (Å²) in [5.41, 5.74) is -0.415. The molecule has 0 saturated carbocycles. The van der Waals surface area contributed by atoms with Gasteiger partial charge in [-0.05, 0) is 0 Å². The summed E-state index contributed by atoms with van der Waals surface area (Å²) in [4.78, 5) is 16.6. The Labute approximate surface area is 113 Å². The molecule has 0 aliphatic rings. The predicted octanol–water partition coefficient (Wildman–Crippen LogP) is -2.97. The average Bonchev–Trinajstić information content (AvgIpc) is 2.19. The van der Waals surface area contributed by atoms with Crippen LogP contribution in [0.5, 0.6) is 5.88 Å². The van der Waals surface area contributed by atoms with Crippen molar-refractivity contribution in [2.45, 2.75) is 0 Å². The Bertz CT molecular complexity index is 325. The summed E-state index contributed by atoms with van der Waals surface area (Å²) in [5, 5.41) is 18.4. The van der Waals surface area contributed by atoms with Crippen molar-refractivity contribution in [1.82, 2.24) is 9.97 Å². The molecule has 1 rings (SSSR count). The number of nitro groups is 1. The monoisotopic (exact) mass is 243 g/mol. The van der Waals surface area contributed by atoms with Gasteiger partial charge in [-0.1, -0.05) is 11.6 Å². The fraction of sp³-hybridized carbons (Fsp3) is 0.333. The molecule has 0 aliphatic carbocycles. The Hall–Kier alpha value is -0.470. The first kappa shape index (κ1) is 16.9. The molecule has 0 aliphatic heterocycles. The van der Waals surface area contributed by atoms with Crippen LogP contribution >= 0.6 is 11.6 Å². The van der Waals surface area contributed by atoms with Crippen molar-refractivity contribution in [3.63, 3.8) is 0 Å². The number of nitrogens with zero attached hydrogens (tertiary/aromatic N) is 3. The first-order valence-corrected chi connectivity index (χ1v) is 3.64. The van der Waals surface area contributed by atoms with Crippen molar-refractivity contribution in [2.24, 2.45) is 0 Å². The van der Waals surface area contributed by atoms with E-state index in [1.807, 2.05) is 0 Å². The van der Waals surface area contributed by atoms with Crippen LogP contribution in [0.15, 0.2) is 6.33 Å². The third kappa shape index (κ3) is 4.72. The van der Waals surface area contributed by atoms with Gasteiger partial charge in [-0.25, -0.2) is 4.98 Å². The summed E-state index contributed by atoms with van der Waals surface area (Å²) in [7, 11) is 2.02. The fourth-order valence-corrected chi connectivity index (χ4v) is 0.839. The Morgan fingerprint density at radius 1 is 1.47 bits per heavy atom. The largest absolute Gasteiger partial charge is 1.00 e. The van der Waals surface area contributed by atoms with Gasteiger partial charge in [0.2, 0.25) is 5.15 Å². The summed E-state index contributed by atoms with van der Waals surface area (Å²) in [6, 6.07) is 0. The molecule has 0 unspecified atom stereocenters. The van der Waals surface area contributed by atoms with Crippen LogP contribution in [0.4, 0.5) is 5.69 Å². The minimum atomic E-state index is -0.693. The van der Waals surface area contributed by atoms with E-state index in [0.717, 1.165) is 13.4 Å². The zero-order valence-corrected chi connectivity index (χ0v) is 11.2. The van der Waals surface area contributed by atoms with Crippen LogP contribution in [0.2, 0.25) is 5.15 Å². The standard InChI is InChI=1S/C5H4ClN3O3.CH3O.Na/c1-12-5-3(9(10)11)4(6)7-2-8-5;1-2;/h2H,1H3;1H3;/q;-1;+1. The summed E-state index contributed by atoms with van der Waals surface area (Å²) < 4.78 is 4.61. The van der Waals surface area contributed by atoms with Gasteiger partial charge in [0, 0.05) is 0 Å². The topological polar surface area (TPSA) is 101 Å². The van der Waals surface area contributed by atoms with Crippen LogP contribution in [-0.4, -0.2) is 29.1 Å². The van der Waals surface area contributed by atoms with Crippen molar-refractivity contribution in [1.29, 1.82) is 0 Å². The molecule has 0 spiro atoms. The average molecular weight is 244 g/mol. The minimum absolute atomic E-state index is 0. The van der Waals surface area contributed by atoms with Crippen LogP contribution in [-0.2, 0) is 0 Å². The molecule has 78 valence electrons. The second-order valence-electron chi connectivity index (χ2n) is 1.78. The van der Waals surface area contributed by atoms with Crippen LogP contribution in [0.1, 0.15) is 0 Å². The van der Waals surface area contributed by atoms with Gasteiger partial charge in [0.1, 0.15) is 6.33 Å². The molecule has 1 heterocycles. The molecule has 0 bridgehead atoms. The first-order valence-electron chi connectivity index (χ1n) is 3.26. The van der Waals surface area contributed by atoms with Crippen molar-refractivity contribution in [2.75, 3.05) is 14.2 Å². The molecule has 0 atom stereocenters. The second kappa shape index (κ2) is 8.81. The molecule has 9 heteroatoms. The van der Waals surface area contributed by atoms with Crippen molar-refractivity contribution in [3.8, 4) is 5.88 Å². The number of rotatable bonds is 2. The van der Waals surface area contributed by atoms with E-state index < -0.39 is 10.6 Å². The number of ether oxygens (including phenoxy) is 1. The number of methoxy groups -OCH3 is 1. The zero-order valence-electron chi connectivity index (χ0n) is 8.43. The quantitative estimate of drug-likeness (QED) is 0.238. The Morgan fingerprint density at radius 3 is 2.33 bits per heavy atom. The van der Waals surface area contributed by atoms with Crippen molar-refractivity contribution < 1.29 is 44.3 Å². The SMILES string of the molecule is COc1ncnc(Cl)c1[N+](=O)[O-].C[O-].[Na+]. The van der Waals surface area contributed by atoms with Gasteiger partial charge in [0.05, 0.1) is 12.0 Å². The van der Waals surface area contributed by atoms with E-state index in [1.165, 1.54) is 7.11 Å². The maximum absolute atomic E-state index is 10.4. The van der Waals surface area contributed by atoms with Crippen LogP contribution in [0.25, 0.3) is 0 Å². The molecule has 0 aromatic carbocycles. The molecular formula is C6H7ClN3NaO4. The van der Waals surface area contributed by atoms with Gasteiger partial charge in [-0.2, -0.15) is 12.1 Å². The zero-order chi connectivity index (χ0) is 11.1. The maximum Gasteiger partial charge on any atom is 1.00 e. The van der Waals surface area contributed by atoms with E-state index in [1.54, 1.807) is 0 Å². The molecule has 1 aromatic rings.